The van der Waals surface area contributed by atoms with Crippen molar-refractivity contribution in [3.05, 3.63) is 32.4 Å². The Morgan fingerprint density at radius 3 is 2.80 bits per heavy atom. The van der Waals surface area contributed by atoms with Crippen LogP contribution in [0.3, 0.4) is 0 Å². The molecule has 0 amide bonds. The van der Waals surface area contributed by atoms with E-state index in [1.54, 1.807) is 0 Å². The molecule has 0 radical (unpaired) electrons. The molecule has 1 aromatic heterocycles. The molecule has 0 saturated heterocycles. The Bertz CT molecular complexity index is 488. The summed E-state index contributed by atoms with van der Waals surface area (Å²) in [5.74, 6) is 0.670. The van der Waals surface area contributed by atoms with Crippen LogP contribution >= 0.6 is 38.5 Å². The molecule has 0 unspecified atom stereocenters. The zero-order chi connectivity index (χ0) is 11.0. The minimum Gasteiger partial charge on any atom is -0.345 e. The molecule has 0 aliphatic heterocycles. The number of para-hydroxylation sites is 1. The van der Waals surface area contributed by atoms with E-state index in [2.05, 4.69) is 81.3 Å². The van der Waals surface area contributed by atoms with Crippen LogP contribution in [0.2, 0.25) is 0 Å². The molecule has 0 aliphatic rings. The normalized spacial score (nSPS) is 11.5. The van der Waals surface area contributed by atoms with Gasteiger partial charge in [0, 0.05) is 26.2 Å². The van der Waals surface area contributed by atoms with Crippen LogP contribution < -0.4 is 0 Å². The summed E-state index contributed by atoms with van der Waals surface area (Å²) in [6, 6.07) is 6.38. The molecule has 1 nitrogen and oxygen atoms in total. The Hall–Kier alpha value is -0.0300. The van der Waals surface area contributed by atoms with Gasteiger partial charge in [0.25, 0.3) is 0 Å². The molecule has 0 N–H and O–H groups in total. The van der Waals surface area contributed by atoms with E-state index in [0.717, 1.165) is 6.54 Å². The number of nitrogens with zero attached hydrogens (tertiary/aromatic N) is 1. The second-order valence-corrected chi connectivity index (χ2v) is 6.18. The van der Waals surface area contributed by atoms with Crippen molar-refractivity contribution >= 4 is 49.4 Å². The van der Waals surface area contributed by atoms with Crippen molar-refractivity contribution in [2.24, 2.45) is 5.92 Å². The summed E-state index contributed by atoms with van der Waals surface area (Å²) in [5, 5.41) is 1.34. The molecule has 0 saturated carbocycles. The highest BCUT2D eigenvalue weighted by atomic mass is 127. The van der Waals surface area contributed by atoms with Gasteiger partial charge in [0.05, 0.1) is 5.52 Å². The van der Waals surface area contributed by atoms with Gasteiger partial charge in [0.2, 0.25) is 0 Å². The zero-order valence-electron chi connectivity index (χ0n) is 8.80. The lowest BCUT2D eigenvalue weighted by Crippen LogP contribution is -2.02. The van der Waals surface area contributed by atoms with Gasteiger partial charge in [-0.15, -0.1) is 0 Å². The highest BCUT2D eigenvalue weighted by Gasteiger charge is 2.09. The van der Waals surface area contributed by atoms with E-state index in [1.807, 2.05) is 0 Å². The summed E-state index contributed by atoms with van der Waals surface area (Å²) in [5.41, 5.74) is 1.32. The molecule has 2 aromatic rings. The molecule has 0 bridgehead atoms. The lowest BCUT2D eigenvalue weighted by atomic mass is 10.2. The maximum atomic E-state index is 3.63. The first kappa shape index (κ1) is 11.5. The standard InChI is InChI=1S/C12H13BrIN/c1-8(2)6-15-7-11(14)9-4-3-5-10(13)12(9)15/h3-5,7-8H,6H2,1-2H3. The SMILES string of the molecule is CC(C)Cn1cc(I)c2cccc(Br)c21. The number of aromatic nitrogens is 1. The van der Waals surface area contributed by atoms with Gasteiger partial charge in [-0.05, 0) is 50.5 Å². The van der Waals surface area contributed by atoms with Crippen LogP contribution in [0, 0.1) is 9.49 Å². The molecule has 3 heteroatoms. The number of hydrogen-bond acceptors (Lipinski definition) is 0. The van der Waals surface area contributed by atoms with E-state index in [-0.39, 0.29) is 0 Å². The fourth-order valence-electron chi connectivity index (χ4n) is 1.81. The average Bonchev–Trinajstić information content (AvgIpc) is 2.44. The number of fused-ring (bicyclic) bond motifs is 1. The van der Waals surface area contributed by atoms with E-state index in [9.17, 15) is 0 Å². The molecule has 0 fully saturated rings. The van der Waals surface area contributed by atoms with Crippen LogP contribution in [0.5, 0.6) is 0 Å². The Kier molecular flexibility index (Phi) is 3.40. The minimum atomic E-state index is 0.670. The van der Waals surface area contributed by atoms with Gasteiger partial charge in [-0.2, -0.15) is 0 Å². The number of benzene rings is 1. The highest BCUT2D eigenvalue weighted by Crippen LogP contribution is 2.29. The molecule has 0 aliphatic carbocycles. The minimum absolute atomic E-state index is 0.670. The lowest BCUT2D eigenvalue weighted by molar-refractivity contribution is 0.534. The molecular weight excluding hydrogens is 365 g/mol. The predicted octanol–water partition coefficient (Wildman–Crippen LogP) is 4.66. The third-order valence-electron chi connectivity index (χ3n) is 2.36. The molecule has 1 heterocycles. The second-order valence-electron chi connectivity index (χ2n) is 4.16. The third-order valence-corrected chi connectivity index (χ3v) is 3.86. The molecular formula is C12H13BrIN. The Labute approximate surface area is 112 Å². The Balaban J connectivity index is 2.65. The van der Waals surface area contributed by atoms with Crippen LogP contribution in [0.25, 0.3) is 10.9 Å². The summed E-state index contributed by atoms with van der Waals surface area (Å²) >= 11 is 6.03. The third kappa shape index (κ3) is 2.23. The highest BCUT2D eigenvalue weighted by molar-refractivity contribution is 14.1. The van der Waals surface area contributed by atoms with Crippen LogP contribution in [-0.2, 0) is 6.54 Å². The van der Waals surface area contributed by atoms with Crippen molar-refractivity contribution in [1.82, 2.24) is 4.57 Å². The van der Waals surface area contributed by atoms with Gasteiger partial charge in [0.15, 0.2) is 0 Å². The van der Waals surface area contributed by atoms with Gasteiger partial charge in [-0.3, -0.25) is 0 Å². The van der Waals surface area contributed by atoms with Gasteiger partial charge in [0.1, 0.15) is 0 Å². The first-order chi connectivity index (χ1) is 7.09. The summed E-state index contributed by atoms with van der Waals surface area (Å²) in [6.45, 7) is 5.56. The van der Waals surface area contributed by atoms with E-state index in [1.165, 1.54) is 18.9 Å². The summed E-state index contributed by atoms with van der Waals surface area (Å²) < 4.78 is 4.85. The monoisotopic (exact) mass is 377 g/mol. The van der Waals surface area contributed by atoms with Crippen molar-refractivity contribution < 1.29 is 0 Å². The van der Waals surface area contributed by atoms with Crippen molar-refractivity contribution in [1.29, 1.82) is 0 Å². The number of halogens is 2. The van der Waals surface area contributed by atoms with Crippen molar-refractivity contribution in [2.45, 2.75) is 20.4 Å². The Morgan fingerprint density at radius 2 is 2.13 bits per heavy atom. The fourth-order valence-corrected chi connectivity index (χ4v) is 3.17. The Morgan fingerprint density at radius 1 is 1.40 bits per heavy atom. The largest absolute Gasteiger partial charge is 0.345 e. The first-order valence-electron chi connectivity index (χ1n) is 5.02. The van der Waals surface area contributed by atoms with Crippen LogP contribution in [0.15, 0.2) is 28.9 Å². The van der Waals surface area contributed by atoms with E-state index >= 15 is 0 Å². The van der Waals surface area contributed by atoms with Crippen LogP contribution in [-0.4, -0.2) is 4.57 Å². The van der Waals surface area contributed by atoms with Crippen molar-refractivity contribution in [3.63, 3.8) is 0 Å². The van der Waals surface area contributed by atoms with Crippen LogP contribution in [0.1, 0.15) is 13.8 Å². The first-order valence-corrected chi connectivity index (χ1v) is 6.89. The van der Waals surface area contributed by atoms with E-state index in [4.69, 9.17) is 0 Å². The number of hydrogen-bond donors (Lipinski definition) is 0. The average molecular weight is 378 g/mol. The lowest BCUT2D eigenvalue weighted by Gasteiger charge is -2.08. The fraction of sp³-hybridized carbons (Fsp3) is 0.333. The van der Waals surface area contributed by atoms with Crippen LogP contribution in [0.4, 0.5) is 0 Å². The molecule has 15 heavy (non-hydrogen) atoms. The van der Waals surface area contributed by atoms with Gasteiger partial charge >= 0.3 is 0 Å². The van der Waals surface area contributed by atoms with Crippen molar-refractivity contribution in [2.75, 3.05) is 0 Å². The quantitative estimate of drug-likeness (QED) is 0.670. The second kappa shape index (κ2) is 4.45. The van der Waals surface area contributed by atoms with E-state index in [0.29, 0.717) is 5.92 Å². The van der Waals surface area contributed by atoms with Gasteiger partial charge < -0.3 is 4.57 Å². The predicted molar refractivity (Wildman–Crippen MR) is 77.2 cm³/mol. The molecule has 0 spiro atoms. The maximum Gasteiger partial charge on any atom is 0.0635 e. The summed E-state index contributed by atoms with van der Waals surface area (Å²) in [6.07, 6.45) is 2.23. The van der Waals surface area contributed by atoms with Gasteiger partial charge in [-0.25, -0.2) is 0 Å². The molecule has 2 rings (SSSR count). The molecule has 1 aromatic carbocycles. The molecule has 0 atom stereocenters. The zero-order valence-corrected chi connectivity index (χ0v) is 12.5. The summed E-state index contributed by atoms with van der Waals surface area (Å²) in [7, 11) is 0. The van der Waals surface area contributed by atoms with Crippen molar-refractivity contribution in [3.8, 4) is 0 Å². The van der Waals surface area contributed by atoms with Gasteiger partial charge in [-0.1, -0.05) is 26.0 Å². The topological polar surface area (TPSA) is 4.93 Å². The number of rotatable bonds is 2. The smallest absolute Gasteiger partial charge is 0.0635 e. The summed E-state index contributed by atoms with van der Waals surface area (Å²) in [4.78, 5) is 0. The maximum absolute atomic E-state index is 3.63. The van der Waals surface area contributed by atoms with E-state index < -0.39 is 0 Å². The molecule has 80 valence electrons.